The van der Waals surface area contributed by atoms with Crippen molar-refractivity contribution < 1.29 is 9.53 Å². The number of amides is 2. The van der Waals surface area contributed by atoms with Crippen molar-refractivity contribution in [3.8, 4) is 0 Å². The van der Waals surface area contributed by atoms with Gasteiger partial charge in [-0.3, -0.25) is 0 Å². The number of benzene rings is 1. The van der Waals surface area contributed by atoms with Crippen LogP contribution in [-0.2, 0) is 17.8 Å². The Balaban J connectivity index is 1.82. The highest BCUT2D eigenvalue weighted by Gasteiger charge is 2.01. The van der Waals surface area contributed by atoms with Crippen molar-refractivity contribution in [2.24, 2.45) is 0 Å². The number of aromatic nitrogens is 2. The van der Waals surface area contributed by atoms with Gasteiger partial charge in [0.2, 0.25) is 0 Å². The highest BCUT2D eigenvalue weighted by Crippen LogP contribution is 2.07. The first kappa shape index (κ1) is 15.1. The highest BCUT2D eigenvalue weighted by atomic mass is 16.5. The third-order valence-corrected chi connectivity index (χ3v) is 2.96. The Morgan fingerprint density at radius 2 is 2.19 bits per heavy atom. The summed E-state index contributed by atoms with van der Waals surface area (Å²) in [5.74, 6) is 0. The number of carbonyl (C=O) groups is 1. The van der Waals surface area contributed by atoms with E-state index in [4.69, 9.17) is 4.74 Å². The summed E-state index contributed by atoms with van der Waals surface area (Å²) in [5, 5.41) is 5.54. The fraction of sp³-hybridized carbons (Fsp3) is 0.333. The third kappa shape index (κ3) is 5.27. The molecule has 1 aromatic heterocycles. The van der Waals surface area contributed by atoms with Gasteiger partial charge in [0.15, 0.2) is 0 Å². The van der Waals surface area contributed by atoms with E-state index in [1.54, 1.807) is 19.6 Å². The minimum Gasteiger partial charge on any atom is -0.383 e. The normalized spacial score (nSPS) is 10.3. The molecule has 2 N–H and O–H groups in total. The molecular formula is C15H20N4O2. The first-order valence-corrected chi connectivity index (χ1v) is 6.82. The van der Waals surface area contributed by atoms with Crippen LogP contribution in [0.15, 0.2) is 43.0 Å². The summed E-state index contributed by atoms with van der Waals surface area (Å²) in [6, 6.07) is 7.93. The number of carbonyl (C=O) groups excluding carboxylic acids is 1. The smallest absolute Gasteiger partial charge is 0.315 e. The fourth-order valence-corrected chi connectivity index (χ4v) is 1.94. The van der Waals surface area contributed by atoms with E-state index >= 15 is 0 Å². The largest absolute Gasteiger partial charge is 0.383 e. The predicted octanol–water partition coefficient (Wildman–Crippen LogP) is 1.38. The van der Waals surface area contributed by atoms with E-state index in [-0.39, 0.29) is 6.03 Å². The van der Waals surface area contributed by atoms with Crippen molar-refractivity contribution >= 4 is 6.03 Å². The minimum atomic E-state index is -0.188. The van der Waals surface area contributed by atoms with E-state index in [9.17, 15) is 4.79 Å². The van der Waals surface area contributed by atoms with E-state index < -0.39 is 0 Å². The molecule has 0 radical (unpaired) electrons. The van der Waals surface area contributed by atoms with Gasteiger partial charge < -0.3 is 19.9 Å². The lowest BCUT2D eigenvalue weighted by molar-refractivity contribution is 0.196. The molecule has 21 heavy (non-hydrogen) atoms. The summed E-state index contributed by atoms with van der Waals surface area (Å²) in [7, 11) is 1.60. The van der Waals surface area contributed by atoms with Crippen LogP contribution >= 0.6 is 0 Å². The second-order valence-corrected chi connectivity index (χ2v) is 4.66. The summed E-state index contributed by atoms with van der Waals surface area (Å²) < 4.78 is 6.87. The lowest BCUT2D eigenvalue weighted by Gasteiger charge is -2.09. The van der Waals surface area contributed by atoms with Gasteiger partial charge in [0, 0.05) is 39.1 Å². The van der Waals surface area contributed by atoms with Crippen molar-refractivity contribution in [2.45, 2.75) is 13.1 Å². The molecule has 1 aromatic carbocycles. The molecule has 6 heteroatoms. The number of ether oxygens (including phenoxy) is 1. The molecule has 2 aromatic rings. The summed E-state index contributed by atoms with van der Waals surface area (Å²) in [6.07, 6.45) is 5.47. The Morgan fingerprint density at radius 1 is 1.33 bits per heavy atom. The van der Waals surface area contributed by atoms with Gasteiger partial charge in [0.05, 0.1) is 12.9 Å². The van der Waals surface area contributed by atoms with Gasteiger partial charge in [-0.05, 0) is 11.1 Å². The topological polar surface area (TPSA) is 68.2 Å². The van der Waals surface area contributed by atoms with Gasteiger partial charge in [0.25, 0.3) is 0 Å². The zero-order valence-electron chi connectivity index (χ0n) is 12.1. The van der Waals surface area contributed by atoms with Crippen molar-refractivity contribution in [2.75, 3.05) is 20.3 Å². The van der Waals surface area contributed by atoms with Crippen LogP contribution in [0.3, 0.4) is 0 Å². The van der Waals surface area contributed by atoms with E-state index in [2.05, 4.69) is 27.8 Å². The first-order valence-electron chi connectivity index (χ1n) is 6.82. The van der Waals surface area contributed by atoms with Crippen molar-refractivity contribution in [1.82, 2.24) is 20.2 Å². The number of hydrogen-bond donors (Lipinski definition) is 2. The summed E-state index contributed by atoms with van der Waals surface area (Å²) in [5.41, 5.74) is 2.24. The zero-order valence-corrected chi connectivity index (χ0v) is 12.1. The molecule has 0 bridgehead atoms. The molecule has 112 valence electrons. The second kappa shape index (κ2) is 8.06. The van der Waals surface area contributed by atoms with E-state index in [1.165, 1.54) is 5.56 Å². The Bertz CT molecular complexity index is 555. The molecule has 2 rings (SSSR count). The quantitative estimate of drug-likeness (QED) is 0.756. The molecule has 0 unspecified atom stereocenters. The van der Waals surface area contributed by atoms with Crippen LogP contribution in [0.2, 0.25) is 0 Å². The van der Waals surface area contributed by atoms with E-state index in [0.717, 1.165) is 12.1 Å². The number of rotatable bonds is 7. The molecule has 0 fully saturated rings. The third-order valence-electron chi connectivity index (χ3n) is 2.96. The molecule has 0 aliphatic rings. The molecule has 2 amide bonds. The van der Waals surface area contributed by atoms with Crippen LogP contribution in [0.1, 0.15) is 11.1 Å². The number of nitrogens with one attached hydrogen (secondary N) is 2. The molecule has 6 nitrogen and oxygen atoms in total. The molecule has 0 atom stereocenters. The average molecular weight is 288 g/mol. The molecule has 1 heterocycles. The van der Waals surface area contributed by atoms with Crippen LogP contribution in [0.5, 0.6) is 0 Å². The Kier molecular flexibility index (Phi) is 5.78. The lowest BCUT2D eigenvalue weighted by Crippen LogP contribution is -2.36. The predicted molar refractivity (Wildman–Crippen MR) is 79.9 cm³/mol. The van der Waals surface area contributed by atoms with Gasteiger partial charge in [0.1, 0.15) is 0 Å². The second-order valence-electron chi connectivity index (χ2n) is 4.66. The SMILES string of the molecule is COCCNC(=O)NCc1cccc(Cn2ccnc2)c1. The minimum absolute atomic E-state index is 0.188. The molecular weight excluding hydrogens is 268 g/mol. The van der Waals surface area contributed by atoms with Crippen molar-refractivity contribution in [1.29, 1.82) is 0 Å². The Labute approximate surface area is 124 Å². The molecule has 0 saturated heterocycles. The zero-order chi connectivity index (χ0) is 14.9. The first-order chi connectivity index (χ1) is 10.3. The fourth-order valence-electron chi connectivity index (χ4n) is 1.94. The van der Waals surface area contributed by atoms with Crippen LogP contribution in [-0.4, -0.2) is 35.8 Å². The monoisotopic (exact) mass is 288 g/mol. The van der Waals surface area contributed by atoms with Gasteiger partial charge in [-0.2, -0.15) is 0 Å². The number of nitrogens with zero attached hydrogens (tertiary/aromatic N) is 2. The standard InChI is InChI=1S/C15H20N4O2/c1-21-8-6-17-15(20)18-10-13-3-2-4-14(9-13)11-19-7-5-16-12-19/h2-5,7,9,12H,6,8,10-11H2,1H3,(H2,17,18,20). The van der Waals surface area contributed by atoms with E-state index in [0.29, 0.717) is 19.7 Å². The molecule has 0 spiro atoms. The highest BCUT2D eigenvalue weighted by molar-refractivity contribution is 5.73. The summed E-state index contributed by atoms with van der Waals surface area (Å²) in [4.78, 5) is 15.6. The van der Waals surface area contributed by atoms with E-state index in [1.807, 2.05) is 22.9 Å². The van der Waals surface area contributed by atoms with Crippen LogP contribution < -0.4 is 10.6 Å². The van der Waals surface area contributed by atoms with Crippen LogP contribution in [0.25, 0.3) is 0 Å². The Morgan fingerprint density at radius 3 is 2.95 bits per heavy atom. The molecule has 0 saturated carbocycles. The number of hydrogen-bond acceptors (Lipinski definition) is 3. The molecule has 0 aliphatic heterocycles. The number of methoxy groups -OCH3 is 1. The molecule has 0 aliphatic carbocycles. The summed E-state index contributed by atoms with van der Waals surface area (Å²) >= 11 is 0. The lowest BCUT2D eigenvalue weighted by atomic mass is 10.1. The average Bonchev–Trinajstić information content (AvgIpc) is 2.99. The number of imidazole rings is 1. The van der Waals surface area contributed by atoms with Gasteiger partial charge in [-0.25, -0.2) is 9.78 Å². The Hall–Kier alpha value is -2.34. The van der Waals surface area contributed by atoms with Gasteiger partial charge >= 0.3 is 6.03 Å². The maximum atomic E-state index is 11.5. The van der Waals surface area contributed by atoms with Crippen LogP contribution in [0.4, 0.5) is 4.79 Å². The van der Waals surface area contributed by atoms with Gasteiger partial charge in [-0.15, -0.1) is 0 Å². The maximum absolute atomic E-state index is 11.5. The van der Waals surface area contributed by atoms with Crippen molar-refractivity contribution in [3.63, 3.8) is 0 Å². The van der Waals surface area contributed by atoms with Crippen molar-refractivity contribution in [3.05, 3.63) is 54.1 Å². The van der Waals surface area contributed by atoms with Crippen LogP contribution in [0, 0.1) is 0 Å². The summed E-state index contributed by atoms with van der Waals surface area (Å²) in [6.45, 7) is 2.28. The maximum Gasteiger partial charge on any atom is 0.315 e. The van der Waals surface area contributed by atoms with Gasteiger partial charge in [-0.1, -0.05) is 24.3 Å². The number of urea groups is 1.